The van der Waals surface area contributed by atoms with Crippen molar-refractivity contribution >= 4 is 44.3 Å². The van der Waals surface area contributed by atoms with E-state index in [0.717, 1.165) is 98.4 Å². The van der Waals surface area contributed by atoms with Crippen molar-refractivity contribution in [1.29, 1.82) is 0 Å². The summed E-state index contributed by atoms with van der Waals surface area (Å²) in [6.45, 7) is 8.62. The van der Waals surface area contributed by atoms with Crippen molar-refractivity contribution in [3.8, 4) is 5.75 Å². The van der Waals surface area contributed by atoms with Crippen molar-refractivity contribution in [2.24, 2.45) is 13.0 Å². The van der Waals surface area contributed by atoms with E-state index in [4.69, 9.17) is 9.47 Å². The molecule has 1 unspecified atom stereocenters. The Morgan fingerprint density at radius 1 is 1.00 bits per heavy atom. The number of nitrogens with one attached hydrogen (secondary N) is 1. The molecule has 6 rings (SSSR count). The van der Waals surface area contributed by atoms with Crippen LogP contribution < -0.4 is 15.0 Å². The molecule has 0 bridgehead atoms. The monoisotopic (exact) mass is 651 g/mol. The zero-order valence-electron chi connectivity index (χ0n) is 25.2. The van der Waals surface area contributed by atoms with Crippen LogP contribution in [-0.2, 0) is 21.4 Å². The number of piperazine rings is 1. The average Bonchev–Trinajstić information content (AvgIpc) is 3.33. The number of ether oxygens (including phenoxy) is 2. The molecule has 3 aliphatic rings. The number of carbonyl (C=O) groups excluding carboxylic acids is 2. The fraction of sp³-hybridized carbons (Fsp3) is 0.545. The predicted octanol–water partition coefficient (Wildman–Crippen LogP) is 4.94. The van der Waals surface area contributed by atoms with Crippen molar-refractivity contribution in [3.63, 3.8) is 0 Å². The lowest BCUT2D eigenvalue weighted by atomic mass is 9.88. The Morgan fingerprint density at radius 2 is 1.79 bits per heavy atom. The number of piperidine rings is 1. The first-order chi connectivity index (χ1) is 20.8. The lowest BCUT2D eigenvalue weighted by molar-refractivity contribution is -0.134. The summed E-state index contributed by atoms with van der Waals surface area (Å²) in [5.41, 5.74) is 4.15. The number of aryl methyl sites for hydroxylation is 2. The van der Waals surface area contributed by atoms with Gasteiger partial charge in [0, 0.05) is 68.3 Å². The average molecular weight is 653 g/mol. The molecule has 2 saturated heterocycles. The number of nitrogens with zero attached hydrogens (tertiary/aromatic N) is 4. The van der Waals surface area contributed by atoms with Crippen molar-refractivity contribution in [1.82, 2.24) is 20.0 Å². The molecule has 1 aliphatic carbocycles. The Labute approximate surface area is 262 Å². The third kappa shape index (κ3) is 7.07. The first-order valence-corrected chi connectivity index (χ1v) is 16.4. The lowest BCUT2D eigenvalue weighted by Gasteiger charge is -2.36. The summed E-state index contributed by atoms with van der Waals surface area (Å²) in [6.07, 6.45) is 5.67. The second kappa shape index (κ2) is 13.4. The highest BCUT2D eigenvalue weighted by Crippen LogP contribution is 2.33. The SMILES string of the molecule is Cc1cc(OC2CCC(COCCN3CCN(c4ccc5c(C6CCC(=O)NC6=O)nn(C)c5c4)CC3)CC2)ccc1Br. The van der Waals surface area contributed by atoms with Crippen molar-refractivity contribution in [2.75, 3.05) is 50.8 Å². The quantitative estimate of drug-likeness (QED) is 0.259. The fourth-order valence-corrected chi connectivity index (χ4v) is 6.90. The summed E-state index contributed by atoms with van der Waals surface area (Å²) in [7, 11) is 1.92. The summed E-state index contributed by atoms with van der Waals surface area (Å²) >= 11 is 3.56. The molecule has 1 N–H and O–H groups in total. The van der Waals surface area contributed by atoms with Gasteiger partial charge in [-0.3, -0.25) is 24.5 Å². The molecule has 230 valence electrons. The number of aromatic nitrogens is 2. The number of benzene rings is 2. The second-order valence-electron chi connectivity index (χ2n) is 12.3. The van der Waals surface area contributed by atoms with Crippen LogP contribution in [0.5, 0.6) is 5.75 Å². The summed E-state index contributed by atoms with van der Waals surface area (Å²) < 4.78 is 15.4. The van der Waals surface area contributed by atoms with Gasteiger partial charge in [0.25, 0.3) is 0 Å². The van der Waals surface area contributed by atoms with Gasteiger partial charge in [-0.1, -0.05) is 15.9 Å². The third-order valence-corrected chi connectivity index (χ3v) is 10.2. The molecular weight excluding hydrogens is 610 g/mol. The van der Waals surface area contributed by atoms with Crippen LogP contribution in [0.2, 0.25) is 0 Å². The number of imide groups is 1. The number of hydrogen-bond acceptors (Lipinski definition) is 7. The Balaban J connectivity index is 0.914. The molecule has 2 aromatic carbocycles. The fourth-order valence-electron chi connectivity index (χ4n) is 6.65. The molecule has 3 fully saturated rings. The van der Waals surface area contributed by atoms with Crippen LogP contribution in [0.25, 0.3) is 10.9 Å². The van der Waals surface area contributed by atoms with Crippen LogP contribution in [0.4, 0.5) is 5.69 Å². The number of carbonyl (C=O) groups is 2. The molecular formula is C33H42BrN5O4. The second-order valence-corrected chi connectivity index (χ2v) is 13.1. The molecule has 1 aromatic heterocycles. The molecule has 9 nitrogen and oxygen atoms in total. The van der Waals surface area contributed by atoms with Crippen LogP contribution in [0.1, 0.15) is 55.7 Å². The van der Waals surface area contributed by atoms with E-state index in [1.54, 1.807) is 0 Å². The highest BCUT2D eigenvalue weighted by Gasteiger charge is 2.32. The maximum Gasteiger partial charge on any atom is 0.235 e. The van der Waals surface area contributed by atoms with E-state index < -0.39 is 0 Å². The first-order valence-electron chi connectivity index (χ1n) is 15.6. The van der Waals surface area contributed by atoms with Crippen molar-refractivity contribution in [2.45, 2.75) is 57.5 Å². The number of amides is 2. The minimum absolute atomic E-state index is 0.203. The summed E-state index contributed by atoms with van der Waals surface area (Å²) in [5, 5.41) is 8.13. The Bertz CT molecular complexity index is 1460. The van der Waals surface area contributed by atoms with E-state index in [2.05, 4.69) is 73.4 Å². The maximum absolute atomic E-state index is 12.5. The molecule has 1 saturated carbocycles. The zero-order chi connectivity index (χ0) is 29.9. The standard InChI is InChI=1S/C33H42BrN5O4/c1-22-19-26(8-11-29(22)34)43-25-6-3-23(4-7-25)21-42-18-17-38-13-15-39(16-14-38)24-5-9-27-30(20-24)37(2)36-32(27)28-10-12-31(40)35-33(28)41/h5,8-9,11,19-20,23,25,28H,3-4,6-7,10,12-18,21H2,1-2H3,(H,35,40,41). The molecule has 43 heavy (non-hydrogen) atoms. The molecule has 1 atom stereocenters. The van der Waals surface area contributed by atoms with Gasteiger partial charge in [0.05, 0.1) is 29.8 Å². The number of halogens is 1. The van der Waals surface area contributed by atoms with Crippen LogP contribution in [-0.4, -0.2) is 78.5 Å². The predicted molar refractivity (Wildman–Crippen MR) is 171 cm³/mol. The van der Waals surface area contributed by atoms with E-state index in [-0.39, 0.29) is 17.7 Å². The van der Waals surface area contributed by atoms with Gasteiger partial charge in [0.2, 0.25) is 11.8 Å². The van der Waals surface area contributed by atoms with Gasteiger partial charge in [0.1, 0.15) is 5.75 Å². The Morgan fingerprint density at radius 3 is 2.53 bits per heavy atom. The Hall–Kier alpha value is -2.95. The van der Waals surface area contributed by atoms with E-state index in [1.165, 1.54) is 11.3 Å². The van der Waals surface area contributed by atoms with Gasteiger partial charge in [-0.25, -0.2) is 0 Å². The van der Waals surface area contributed by atoms with Gasteiger partial charge in [-0.15, -0.1) is 0 Å². The molecule has 3 heterocycles. The number of anilines is 1. The van der Waals surface area contributed by atoms with Crippen LogP contribution in [0.15, 0.2) is 40.9 Å². The zero-order valence-corrected chi connectivity index (χ0v) is 26.8. The first kappa shape index (κ1) is 30.1. The largest absolute Gasteiger partial charge is 0.490 e. The van der Waals surface area contributed by atoms with Gasteiger partial charge < -0.3 is 14.4 Å². The molecule has 0 radical (unpaired) electrons. The Kier molecular flexibility index (Phi) is 9.35. The molecule has 2 aliphatic heterocycles. The maximum atomic E-state index is 12.5. The number of fused-ring (bicyclic) bond motifs is 1. The molecule has 3 aromatic rings. The van der Waals surface area contributed by atoms with Crippen molar-refractivity contribution < 1.29 is 19.1 Å². The van der Waals surface area contributed by atoms with E-state index in [9.17, 15) is 9.59 Å². The molecule has 10 heteroatoms. The summed E-state index contributed by atoms with van der Waals surface area (Å²) in [5.74, 6) is 0.767. The smallest absolute Gasteiger partial charge is 0.235 e. The lowest BCUT2D eigenvalue weighted by Crippen LogP contribution is -2.47. The third-order valence-electron chi connectivity index (χ3n) is 9.30. The van der Waals surface area contributed by atoms with Gasteiger partial charge in [-0.05, 0) is 86.9 Å². The van der Waals surface area contributed by atoms with E-state index in [1.807, 2.05) is 17.8 Å². The van der Waals surface area contributed by atoms with Crippen LogP contribution >= 0.6 is 15.9 Å². The topological polar surface area (TPSA) is 88.9 Å². The van der Waals surface area contributed by atoms with Crippen molar-refractivity contribution in [3.05, 3.63) is 52.1 Å². The normalized spacial score (nSPS) is 23.5. The minimum Gasteiger partial charge on any atom is -0.490 e. The van der Waals surface area contributed by atoms with Crippen LogP contribution in [0, 0.1) is 12.8 Å². The summed E-state index contributed by atoms with van der Waals surface area (Å²) in [6, 6.07) is 12.6. The minimum atomic E-state index is -0.380. The van der Waals surface area contributed by atoms with Crippen LogP contribution in [0.3, 0.4) is 0 Å². The highest BCUT2D eigenvalue weighted by molar-refractivity contribution is 9.10. The molecule has 0 spiro atoms. The highest BCUT2D eigenvalue weighted by atomic mass is 79.9. The van der Waals surface area contributed by atoms with Gasteiger partial charge in [-0.2, -0.15) is 5.10 Å². The van der Waals surface area contributed by atoms with Gasteiger partial charge in [0.15, 0.2) is 0 Å². The van der Waals surface area contributed by atoms with E-state index >= 15 is 0 Å². The van der Waals surface area contributed by atoms with E-state index in [0.29, 0.717) is 24.9 Å². The van der Waals surface area contributed by atoms with Gasteiger partial charge >= 0.3 is 0 Å². The number of rotatable bonds is 9. The number of hydrogen-bond donors (Lipinski definition) is 1. The summed E-state index contributed by atoms with van der Waals surface area (Å²) in [4.78, 5) is 29.0. The molecule has 2 amide bonds.